The first-order valence-corrected chi connectivity index (χ1v) is 7.96. The Morgan fingerprint density at radius 1 is 1.11 bits per heavy atom. The predicted molar refractivity (Wildman–Crippen MR) is 81.0 cm³/mol. The van der Waals surface area contributed by atoms with E-state index in [1.54, 1.807) is 0 Å². The quantitative estimate of drug-likeness (QED) is 0.677. The first-order chi connectivity index (χ1) is 8.47. The summed E-state index contributed by atoms with van der Waals surface area (Å²) in [6, 6.07) is 0.579. The van der Waals surface area contributed by atoms with Gasteiger partial charge in [0.25, 0.3) is 0 Å². The van der Waals surface area contributed by atoms with Gasteiger partial charge in [0.15, 0.2) is 0 Å². The lowest BCUT2D eigenvalue weighted by Crippen LogP contribution is -2.44. The number of hydrogen-bond donors (Lipinski definition) is 2. The Morgan fingerprint density at radius 2 is 1.78 bits per heavy atom. The van der Waals surface area contributed by atoms with Crippen LogP contribution in [0.3, 0.4) is 0 Å². The molecule has 0 bridgehead atoms. The molecule has 0 heterocycles. The molecule has 108 valence electrons. The molecule has 1 saturated carbocycles. The third-order valence-corrected chi connectivity index (χ3v) is 3.95. The Kier molecular flexibility index (Phi) is 7.25. The van der Waals surface area contributed by atoms with E-state index in [0.29, 0.717) is 6.04 Å². The molecule has 0 saturated heterocycles. The summed E-state index contributed by atoms with van der Waals surface area (Å²) < 4.78 is 0. The van der Waals surface area contributed by atoms with Gasteiger partial charge in [-0.2, -0.15) is 0 Å². The monoisotopic (exact) mass is 254 g/mol. The highest BCUT2D eigenvalue weighted by atomic mass is 15.0. The number of nitrogens with one attached hydrogen (secondary N) is 2. The summed E-state index contributed by atoms with van der Waals surface area (Å²) in [5.74, 6) is 1.03. The Bertz CT molecular complexity index is 202. The summed E-state index contributed by atoms with van der Waals surface area (Å²) in [5, 5.41) is 7.18. The highest BCUT2D eigenvalue weighted by molar-refractivity contribution is 4.74. The van der Waals surface area contributed by atoms with Crippen LogP contribution in [0, 0.1) is 5.92 Å². The molecular weight excluding hydrogens is 220 g/mol. The average molecular weight is 254 g/mol. The topological polar surface area (TPSA) is 24.1 Å². The zero-order valence-corrected chi connectivity index (χ0v) is 13.0. The smallest absolute Gasteiger partial charge is 0.0164 e. The molecule has 0 aromatic rings. The first-order valence-electron chi connectivity index (χ1n) is 7.96. The van der Waals surface area contributed by atoms with Crippen molar-refractivity contribution in [1.82, 2.24) is 10.6 Å². The van der Waals surface area contributed by atoms with Gasteiger partial charge in [-0.05, 0) is 53.0 Å². The Balaban J connectivity index is 1.96. The lowest BCUT2D eigenvalue weighted by molar-refractivity contribution is 0.325. The molecule has 1 rings (SSSR count). The zero-order valence-electron chi connectivity index (χ0n) is 13.0. The second-order valence-electron chi connectivity index (χ2n) is 7.13. The van der Waals surface area contributed by atoms with Crippen molar-refractivity contribution in [3.8, 4) is 0 Å². The minimum Gasteiger partial charge on any atom is -0.313 e. The van der Waals surface area contributed by atoms with Crippen molar-refractivity contribution in [2.45, 2.75) is 84.2 Å². The lowest BCUT2D eigenvalue weighted by Gasteiger charge is -2.24. The van der Waals surface area contributed by atoms with Crippen LogP contribution in [0.15, 0.2) is 0 Å². The molecule has 1 aliphatic carbocycles. The molecule has 2 nitrogen and oxygen atoms in total. The standard InChI is InChI=1S/C16H34N2/c1-14(13-18-16(2,3)4)17-12-8-11-15-9-6-5-7-10-15/h14-15,17-18H,5-13H2,1-4H3. The van der Waals surface area contributed by atoms with Crippen LogP contribution >= 0.6 is 0 Å². The highest BCUT2D eigenvalue weighted by Gasteiger charge is 2.13. The number of hydrogen-bond acceptors (Lipinski definition) is 2. The van der Waals surface area contributed by atoms with Gasteiger partial charge in [0.05, 0.1) is 0 Å². The maximum absolute atomic E-state index is 3.63. The summed E-state index contributed by atoms with van der Waals surface area (Å²) in [6.07, 6.45) is 10.2. The van der Waals surface area contributed by atoms with E-state index in [-0.39, 0.29) is 5.54 Å². The van der Waals surface area contributed by atoms with Gasteiger partial charge in [-0.25, -0.2) is 0 Å². The third-order valence-electron chi connectivity index (χ3n) is 3.95. The van der Waals surface area contributed by atoms with Gasteiger partial charge in [-0.1, -0.05) is 32.1 Å². The molecule has 2 heteroatoms. The molecule has 1 atom stereocenters. The van der Waals surface area contributed by atoms with Gasteiger partial charge in [0.1, 0.15) is 0 Å². The van der Waals surface area contributed by atoms with Gasteiger partial charge < -0.3 is 10.6 Å². The van der Waals surface area contributed by atoms with E-state index in [1.165, 1.54) is 51.5 Å². The molecule has 0 aromatic heterocycles. The van der Waals surface area contributed by atoms with Crippen molar-refractivity contribution >= 4 is 0 Å². The van der Waals surface area contributed by atoms with E-state index in [0.717, 1.165) is 12.5 Å². The molecule has 0 amide bonds. The van der Waals surface area contributed by atoms with Gasteiger partial charge in [-0.3, -0.25) is 0 Å². The SMILES string of the molecule is CC(CNC(C)(C)C)NCCCC1CCCCC1. The van der Waals surface area contributed by atoms with E-state index in [4.69, 9.17) is 0 Å². The van der Waals surface area contributed by atoms with Crippen molar-refractivity contribution in [3.05, 3.63) is 0 Å². The van der Waals surface area contributed by atoms with Crippen molar-refractivity contribution in [1.29, 1.82) is 0 Å². The molecule has 0 aromatic carbocycles. The summed E-state index contributed by atoms with van der Waals surface area (Å²) >= 11 is 0. The largest absolute Gasteiger partial charge is 0.313 e. The molecule has 2 N–H and O–H groups in total. The van der Waals surface area contributed by atoms with Crippen molar-refractivity contribution < 1.29 is 0 Å². The zero-order chi connectivity index (χ0) is 13.4. The Morgan fingerprint density at radius 3 is 2.39 bits per heavy atom. The molecule has 0 aliphatic heterocycles. The minimum atomic E-state index is 0.234. The molecular formula is C16H34N2. The van der Waals surface area contributed by atoms with E-state index in [1.807, 2.05) is 0 Å². The molecule has 0 spiro atoms. The van der Waals surface area contributed by atoms with E-state index in [2.05, 4.69) is 38.3 Å². The summed E-state index contributed by atoms with van der Waals surface area (Å²) in [7, 11) is 0. The van der Waals surface area contributed by atoms with Gasteiger partial charge >= 0.3 is 0 Å². The second-order valence-corrected chi connectivity index (χ2v) is 7.13. The van der Waals surface area contributed by atoms with Crippen LogP contribution in [-0.2, 0) is 0 Å². The van der Waals surface area contributed by atoms with Crippen LogP contribution < -0.4 is 10.6 Å². The van der Waals surface area contributed by atoms with Crippen LogP contribution in [0.25, 0.3) is 0 Å². The first kappa shape index (κ1) is 16.0. The van der Waals surface area contributed by atoms with E-state index < -0.39 is 0 Å². The van der Waals surface area contributed by atoms with E-state index in [9.17, 15) is 0 Å². The molecule has 1 aliphatic rings. The maximum atomic E-state index is 3.63. The predicted octanol–water partition coefficient (Wildman–Crippen LogP) is 3.71. The number of rotatable bonds is 7. The fourth-order valence-corrected chi connectivity index (χ4v) is 2.75. The lowest BCUT2D eigenvalue weighted by atomic mass is 9.86. The highest BCUT2D eigenvalue weighted by Crippen LogP contribution is 2.26. The van der Waals surface area contributed by atoms with Crippen LogP contribution in [0.1, 0.15) is 72.6 Å². The fraction of sp³-hybridized carbons (Fsp3) is 1.00. The molecule has 1 fully saturated rings. The van der Waals surface area contributed by atoms with Crippen LogP contribution in [0.4, 0.5) is 0 Å². The maximum Gasteiger partial charge on any atom is 0.0164 e. The van der Waals surface area contributed by atoms with Gasteiger partial charge in [0.2, 0.25) is 0 Å². The third kappa shape index (κ3) is 8.10. The Hall–Kier alpha value is -0.0800. The second kappa shape index (κ2) is 8.16. The normalized spacial score (nSPS) is 20.0. The van der Waals surface area contributed by atoms with Crippen molar-refractivity contribution in [2.24, 2.45) is 5.92 Å². The summed E-state index contributed by atoms with van der Waals surface area (Å²) in [4.78, 5) is 0. The van der Waals surface area contributed by atoms with Crippen LogP contribution in [-0.4, -0.2) is 24.7 Å². The van der Waals surface area contributed by atoms with Gasteiger partial charge in [-0.15, -0.1) is 0 Å². The Labute approximate surface area is 114 Å². The fourth-order valence-electron chi connectivity index (χ4n) is 2.75. The van der Waals surface area contributed by atoms with Crippen LogP contribution in [0.5, 0.6) is 0 Å². The van der Waals surface area contributed by atoms with Crippen molar-refractivity contribution in [2.75, 3.05) is 13.1 Å². The summed E-state index contributed by atoms with van der Waals surface area (Å²) in [6.45, 7) is 11.2. The van der Waals surface area contributed by atoms with Crippen LogP contribution in [0.2, 0.25) is 0 Å². The van der Waals surface area contributed by atoms with Crippen molar-refractivity contribution in [3.63, 3.8) is 0 Å². The van der Waals surface area contributed by atoms with Gasteiger partial charge in [0, 0.05) is 18.1 Å². The molecule has 0 radical (unpaired) electrons. The average Bonchev–Trinajstić information content (AvgIpc) is 2.33. The van der Waals surface area contributed by atoms with E-state index >= 15 is 0 Å². The molecule has 18 heavy (non-hydrogen) atoms. The molecule has 1 unspecified atom stereocenters. The minimum absolute atomic E-state index is 0.234. The summed E-state index contributed by atoms with van der Waals surface area (Å²) in [5.41, 5.74) is 0.234.